The van der Waals surface area contributed by atoms with Gasteiger partial charge in [0.05, 0.1) is 23.8 Å². The van der Waals surface area contributed by atoms with Gasteiger partial charge in [0.25, 0.3) is 0 Å². The van der Waals surface area contributed by atoms with E-state index in [4.69, 9.17) is 0 Å². The predicted octanol–water partition coefficient (Wildman–Crippen LogP) is 9.89. The number of nitrogens with one attached hydrogen (secondary N) is 2. The van der Waals surface area contributed by atoms with Crippen molar-refractivity contribution in [2.75, 3.05) is 0 Å². The molecule has 1 aliphatic heterocycles. The summed E-state index contributed by atoms with van der Waals surface area (Å²) in [5, 5.41) is 7.63. The van der Waals surface area contributed by atoms with Crippen LogP contribution in [0.1, 0.15) is 94.2 Å². The zero-order chi connectivity index (χ0) is 36.3. The first-order valence-electron chi connectivity index (χ1n) is 17.3. The van der Waals surface area contributed by atoms with Crippen molar-refractivity contribution in [3.63, 3.8) is 0 Å². The Morgan fingerprint density at radius 1 is 0.760 bits per heavy atom. The number of carbonyl (C=O) groups is 1. The Labute approximate surface area is 295 Å². The third-order valence-electron chi connectivity index (χ3n) is 9.23. The van der Waals surface area contributed by atoms with Gasteiger partial charge in [0.2, 0.25) is 5.91 Å². The van der Waals surface area contributed by atoms with E-state index in [1.165, 1.54) is 12.1 Å². The SMILES string of the molecule is CC(C)C[C@H](N1C=C(c2ccc(C(F)(F)F)cc2C(C)C)N(Cc2ccccc2)N1)C(NC(=O)C(C)(C)C)(c1ccccc1)c1ccccc1. The van der Waals surface area contributed by atoms with Crippen LogP contribution < -0.4 is 10.9 Å². The summed E-state index contributed by atoms with van der Waals surface area (Å²) in [5.41, 5.74) is 6.21. The molecule has 1 atom stereocenters. The first-order valence-corrected chi connectivity index (χ1v) is 17.3. The Hall–Kier alpha value is -4.56. The van der Waals surface area contributed by atoms with E-state index in [0.717, 1.165) is 22.4 Å². The third-order valence-corrected chi connectivity index (χ3v) is 9.23. The third kappa shape index (κ3) is 7.91. The summed E-state index contributed by atoms with van der Waals surface area (Å²) < 4.78 is 41.9. The fraction of sp³-hybridized carbons (Fsp3) is 0.357. The molecule has 1 heterocycles. The number of alkyl halides is 3. The van der Waals surface area contributed by atoms with Crippen LogP contribution in [0, 0.1) is 11.3 Å². The number of hydrogen-bond acceptors (Lipinski definition) is 4. The summed E-state index contributed by atoms with van der Waals surface area (Å²) in [4.78, 5) is 14.2. The average Bonchev–Trinajstić information content (AvgIpc) is 3.49. The number of amides is 1. The predicted molar refractivity (Wildman–Crippen MR) is 195 cm³/mol. The highest BCUT2D eigenvalue weighted by atomic mass is 19.4. The molecule has 264 valence electrons. The molecule has 0 aromatic heterocycles. The highest BCUT2D eigenvalue weighted by Gasteiger charge is 2.49. The monoisotopic (exact) mass is 682 g/mol. The number of hydrazine groups is 2. The number of benzene rings is 4. The minimum absolute atomic E-state index is 0.103. The van der Waals surface area contributed by atoms with Crippen LogP contribution in [-0.4, -0.2) is 22.0 Å². The van der Waals surface area contributed by atoms with E-state index in [9.17, 15) is 18.0 Å². The van der Waals surface area contributed by atoms with E-state index in [-0.39, 0.29) is 23.8 Å². The maximum absolute atomic E-state index is 14.2. The number of carbonyl (C=O) groups excluding carboxylic acids is 1. The van der Waals surface area contributed by atoms with Gasteiger partial charge in [0, 0.05) is 17.2 Å². The summed E-state index contributed by atoms with van der Waals surface area (Å²) in [5.74, 6) is -0.0723. The maximum Gasteiger partial charge on any atom is 0.416 e. The molecule has 0 bridgehead atoms. The summed E-state index contributed by atoms with van der Waals surface area (Å²) in [6.45, 7) is 14.3. The second kappa shape index (κ2) is 14.7. The molecule has 5 rings (SSSR count). The van der Waals surface area contributed by atoms with Crippen molar-refractivity contribution in [3.05, 3.63) is 149 Å². The summed E-state index contributed by atoms with van der Waals surface area (Å²) in [6.07, 6.45) is -1.79. The molecule has 1 aliphatic rings. The molecule has 4 aromatic rings. The molecule has 1 amide bonds. The molecule has 0 saturated carbocycles. The van der Waals surface area contributed by atoms with E-state index in [2.05, 4.69) is 54.0 Å². The Bertz CT molecular complexity index is 1720. The quantitative estimate of drug-likeness (QED) is 0.165. The van der Waals surface area contributed by atoms with Gasteiger partial charge in [-0.2, -0.15) is 13.2 Å². The fourth-order valence-electron chi connectivity index (χ4n) is 6.63. The van der Waals surface area contributed by atoms with Crippen molar-refractivity contribution in [2.24, 2.45) is 11.3 Å². The van der Waals surface area contributed by atoms with Crippen molar-refractivity contribution in [1.82, 2.24) is 20.9 Å². The van der Waals surface area contributed by atoms with Crippen LogP contribution in [-0.2, 0) is 23.1 Å². The highest BCUT2D eigenvalue weighted by molar-refractivity contribution is 5.83. The van der Waals surface area contributed by atoms with Gasteiger partial charge in [-0.15, -0.1) is 5.53 Å². The molecule has 0 aliphatic carbocycles. The van der Waals surface area contributed by atoms with Gasteiger partial charge >= 0.3 is 6.18 Å². The van der Waals surface area contributed by atoms with Crippen LogP contribution in [0.25, 0.3) is 5.70 Å². The van der Waals surface area contributed by atoms with Crippen LogP contribution in [0.4, 0.5) is 13.2 Å². The smallest absolute Gasteiger partial charge is 0.340 e. The minimum atomic E-state index is -4.46. The van der Waals surface area contributed by atoms with Crippen molar-refractivity contribution in [1.29, 1.82) is 0 Å². The molecule has 0 unspecified atom stereocenters. The number of hydrogen-bond donors (Lipinski definition) is 2. The Balaban J connectivity index is 1.77. The van der Waals surface area contributed by atoms with E-state index >= 15 is 0 Å². The number of nitrogens with zero attached hydrogens (tertiary/aromatic N) is 2. The molecular weight excluding hydrogens is 633 g/mol. The number of halogens is 3. The van der Waals surface area contributed by atoms with Crippen LogP contribution in [0.5, 0.6) is 0 Å². The average molecular weight is 683 g/mol. The molecule has 8 heteroatoms. The van der Waals surface area contributed by atoms with Crippen LogP contribution in [0.3, 0.4) is 0 Å². The van der Waals surface area contributed by atoms with E-state index < -0.39 is 22.7 Å². The summed E-state index contributed by atoms with van der Waals surface area (Å²) in [6, 6.07) is 33.7. The standard InChI is InChI=1S/C42H49F3N4O/c1-29(2)25-38(41(32-19-13-9-14-20-32,33-21-15-10-16-22-33)46-39(50)40(5,6)7)49-28-37(48(47-49)27-31-17-11-8-12-18-31)35-24-23-34(42(43,44)45)26-36(35)30(3)4/h8-24,26,28-30,38,47H,25,27H2,1-7H3,(H,46,50)/t38-/m0/s1. The minimum Gasteiger partial charge on any atom is -0.340 e. The van der Waals surface area contributed by atoms with Crippen LogP contribution in [0.15, 0.2) is 115 Å². The lowest BCUT2D eigenvalue weighted by atomic mass is 9.73. The topological polar surface area (TPSA) is 47.6 Å². The van der Waals surface area contributed by atoms with Crippen LogP contribution >= 0.6 is 0 Å². The molecule has 50 heavy (non-hydrogen) atoms. The van der Waals surface area contributed by atoms with Crippen molar-refractivity contribution in [2.45, 2.75) is 85.1 Å². The second-order valence-corrected chi connectivity index (χ2v) is 14.9. The Kier molecular flexibility index (Phi) is 10.8. The van der Waals surface area contributed by atoms with Crippen LogP contribution in [0.2, 0.25) is 0 Å². The lowest BCUT2D eigenvalue weighted by Crippen LogP contribution is -2.63. The van der Waals surface area contributed by atoms with Gasteiger partial charge in [-0.3, -0.25) is 14.8 Å². The van der Waals surface area contributed by atoms with Gasteiger partial charge in [0.1, 0.15) is 5.54 Å². The molecule has 0 fully saturated rings. The summed E-state index contributed by atoms with van der Waals surface area (Å²) in [7, 11) is 0. The molecule has 0 spiro atoms. The first-order chi connectivity index (χ1) is 23.6. The number of rotatable bonds is 11. The van der Waals surface area contributed by atoms with Gasteiger partial charge in [-0.05, 0) is 52.6 Å². The van der Waals surface area contributed by atoms with E-state index in [1.54, 1.807) is 6.07 Å². The Morgan fingerprint density at radius 3 is 1.78 bits per heavy atom. The van der Waals surface area contributed by atoms with E-state index in [1.807, 2.05) is 113 Å². The highest BCUT2D eigenvalue weighted by Crippen LogP contribution is 2.43. The lowest BCUT2D eigenvalue weighted by molar-refractivity contribution is -0.137. The van der Waals surface area contributed by atoms with E-state index in [0.29, 0.717) is 24.1 Å². The molecule has 4 aromatic carbocycles. The fourth-order valence-corrected chi connectivity index (χ4v) is 6.63. The van der Waals surface area contributed by atoms with Gasteiger partial charge in [-0.25, -0.2) is 0 Å². The van der Waals surface area contributed by atoms with Gasteiger partial charge < -0.3 is 5.32 Å². The maximum atomic E-state index is 14.2. The molecular formula is C42H49F3N4O. The molecule has 0 radical (unpaired) electrons. The van der Waals surface area contributed by atoms with Crippen molar-refractivity contribution < 1.29 is 18.0 Å². The zero-order valence-electron chi connectivity index (χ0n) is 30.1. The molecule has 2 N–H and O–H groups in total. The van der Waals surface area contributed by atoms with Crippen molar-refractivity contribution >= 4 is 11.6 Å². The summed E-state index contributed by atoms with van der Waals surface area (Å²) >= 11 is 0. The molecule has 5 nitrogen and oxygen atoms in total. The lowest BCUT2D eigenvalue weighted by Gasteiger charge is -2.48. The normalized spacial score (nSPS) is 14.7. The first kappa shape index (κ1) is 36.7. The Morgan fingerprint density at radius 2 is 1.30 bits per heavy atom. The zero-order valence-corrected chi connectivity index (χ0v) is 30.1. The van der Waals surface area contributed by atoms with Crippen molar-refractivity contribution in [3.8, 4) is 0 Å². The largest absolute Gasteiger partial charge is 0.416 e. The van der Waals surface area contributed by atoms with Gasteiger partial charge in [0.15, 0.2) is 0 Å². The second-order valence-electron chi connectivity index (χ2n) is 14.9. The molecule has 0 saturated heterocycles. The van der Waals surface area contributed by atoms with Gasteiger partial charge in [-0.1, -0.05) is 146 Å².